The molecule has 166 valence electrons. The lowest BCUT2D eigenvalue weighted by Gasteiger charge is -2.29. The van der Waals surface area contributed by atoms with E-state index >= 15 is 0 Å². The first-order valence-corrected chi connectivity index (χ1v) is 11.0. The maximum Gasteiger partial charge on any atom is 0.308 e. The van der Waals surface area contributed by atoms with Gasteiger partial charge in [-0.05, 0) is 42.8 Å². The van der Waals surface area contributed by atoms with E-state index < -0.39 is 16.8 Å². The number of rotatable bonds is 10. The smallest absolute Gasteiger partial charge is 0.308 e. The van der Waals surface area contributed by atoms with Gasteiger partial charge in [-0.3, -0.25) is 9.59 Å². The number of amides is 1. The zero-order chi connectivity index (χ0) is 22.4. The van der Waals surface area contributed by atoms with Crippen LogP contribution in [-0.2, 0) is 10.5 Å². The van der Waals surface area contributed by atoms with Crippen molar-refractivity contribution in [1.82, 2.24) is 5.32 Å². The molecule has 0 bridgehead atoms. The van der Waals surface area contributed by atoms with Gasteiger partial charge in [0.05, 0.1) is 24.9 Å². The summed E-state index contributed by atoms with van der Waals surface area (Å²) in [6, 6.07) is 9.40. The molecule has 2 aromatic rings. The largest absolute Gasteiger partial charge is 0.496 e. The number of carboxylic acids is 1. The molecule has 0 saturated heterocycles. The number of nitrogens with one attached hydrogen (secondary N) is 3. The van der Waals surface area contributed by atoms with E-state index in [2.05, 4.69) is 22.9 Å². The average molecular weight is 448 g/mol. The molecule has 9 heteroatoms. The molecule has 1 heterocycles. The molecule has 2 aromatic carbocycles. The third kappa shape index (κ3) is 5.61. The van der Waals surface area contributed by atoms with Crippen LogP contribution in [0.25, 0.3) is 0 Å². The highest BCUT2D eigenvalue weighted by Crippen LogP contribution is 2.44. The fourth-order valence-electron chi connectivity index (χ4n) is 3.33. The van der Waals surface area contributed by atoms with Gasteiger partial charge < -0.3 is 25.8 Å². The van der Waals surface area contributed by atoms with Gasteiger partial charge in [-0.15, -0.1) is 11.8 Å². The Labute approximate surface area is 184 Å². The van der Waals surface area contributed by atoms with Crippen molar-refractivity contribution in [3.05, 3.63) is 53.3 Å². The van der Waals surface area contributed by atoms with Crippen LogP contribution >= 0.6 is 11.8 Å². The summed E-state index contributed by atoms with van der Waals surface area (Å²) < 4.78 is 19.0. The number of aliphatic carboxylic acids is 1. The predicted molar refractivity (Wildman–Crippen MR) is 120 cm³/mol. The van der Waals surface area contributed by atoms with Crippen molar-refractivity contribution in [2.24, 2.45) is 0 Å². The van der Waals surface area contributed by atoms with Crippen molar-refractivity contribution in [3.8, 4) is 5.75 Å². The lowest BCUT2D eigenvalue weighted by molar-refractivity contribution is -0.137. The number of carbonyl (C=O) groups excluding carboxylic acids is 1. The van der Waals surface area contributed by atoms with E-state index in [1.165, 1.54) is 23.9 Å². The number of methoxy groups -OCH3 is 1. The number of halogens is 1. The molecule has 1 atom stereocenters. The first kappa shape index (κ1) is 22.7. The Bertz CT molecular complexity index is 972. The summed E-state index contributed by atoms with van der Waals surface area (Å²) >= 11 is 1.31. The van der Waals surface area contributed by atoms with Crippen molar-refractivity contribution in [1.29, 1.82) is 0 Å². The molecule has 3 rings (SSSR count). The fourth-order valence-corrected chi connectivity index (χ4v) is 4.55. The van der Waals surface area contributed by atoms with Crippen LogP contribution in [0.3, 0.4) is 0 Å². The number of carboxylic acid groups (broad SMARTS) is 1. The van der Waals surface area contributed by atoms with Crippen LogP contribution < -0.4 is 20.7 Å². The molecule has 31 heavy (non-hydrogen) atoms. The zero-order valence-corrected chi connectivity index (χ0v) is 18.3. The highest BCUT2D eigenvalue weighted by Gasteiger charge is 2.39. The molecule has 7 nitrogen and oxygen atoms in total. The molecule has 0 radical (unpaired) electrons. The Kier molecular flexibility index (Phi) is 7.27. The maximum absolute atomic E-state index is 13.6. The SMILES string of the molecule is CCCCNC(=O)c1ccc(OC)c(CSC2(CC(=O)O)Nc3ccc(F)cc3N2)c1. The number of carbonyl (C=O) groups is 2. The first-order chi connectivity index (χ1) is 14.9. The Morgan fingerprint density at radius 2 is 1.97 bits per heavy atom. The Balaban J connectivity index is 1.79. The summed E-state index contributed by atoms with van der Waals surface area (Å²) in [7, 11) is 1.54. The minimum absolute atomic E-state index is 0.164. The second kappa shape index (κ2) is 9.91. The van der Waals surface area contributed by atoms with Crippen LogP contribution in [0.1, 0.15) is 42.1 Å². The number of unbranched alkanes of at least 4 members (excludes halogenated alkanes) is 1. The van der Waals surface area contributed by atoms with Crippen molar-refractivity contribution in [2.45, 2.75) is 36.9 Å². The van der Waals surface area contributed by atoms with Gasteiger partial charge in [0.25, 0.3) is 5.91 Å². The molecule has 0 fully saturated rings. The number of hydrogen-bond acceptors (Lipinski definition) is 6. The molecular weight excluding hydrogens is 421 g/mol. The van der Waals surface area contributed by atoms with Gasteiger partial charge in [0.1, 0.15) is 11.6 Å². The molecule has 0 saturated carbocycles. The van der Waals surface area contributed by atoms with Crippen LogP contribution in [0.5, 0.6) is 5.75 Å². The molecule has 1 amide bonds. The summed E-state index contributed by atoms with van der Waals surface area (Å²) in [6.07, 6.45) is 1.65. The number of benzene rings is 2. The van der Waals surface area contributed by atoms with Gasteiger partial charge in [0.15, 0.2) is 4.99 Å². The monoisotopic (exact) mass is 447 g/mol. The van der Waals surface area contributed by atoms with E-state index in [0.29, 0.717) is 35.0 Å². The Hall–Kier alpha value is -2.94. The van der Waals surface area contributed by atoms with Crippen molar-refractivity contribution in [3.63, 3.8) is 0 Å². The van der Waals surface area contributed by atoms with Gasteiger partial charge in [-0.1, -0.05) is 13.3 Å². The molecule has 0 aliphatic carbocycles. The highest BCUT2D eigenvalue weighted by atomic mass is 32.2. The van der Waals surface area contributed by atoms with Gasteiger partial charge in [-0.2, -0.15) is 0 Å². The minimum atomic E-state index is -1.06. The van der Waals surface area contributed by atoms with Crippen molar-refractivity contribution >= 4 is 35.0 Å². The number of ether oxygens (including phenoxy) is 1. The summed E-state index contributed by atoms with van der Waals surface area (Å²) in [5.74, 6) is -0.611. The average Bonchev–Trinajstić information content (AvgIpc) is 3.08. The summed E-state index contributed by atoms with van der Waals surface area (Å²) in [6.45, 7) is 2.66. The number of thioether (sulfide) groups is 1. The van der Waals surface area contributed by atoms with Crippen molar-refractivity contribution in [2.75, 3.05) is 24.3 Å². The van der Waals surface area contributed by atoms with Gasteiger partial charge in [0.2, 0.25) is 0 Å². The Morgan fingerprint density at radius 1 is 1.19 bits per heavy atom. The topological polar surface area (TPSA) is 99.7 Å². The highest BCUT2D eigenvalue weighted by molar-refractivity contribution is 8.00. The van der Waals surface area contributed by atoms with E-state index in [0.717, 1.165) is 18.4 Å². The second-order valence-electron chi connectivity index (χ2n) is 7.26. The molecule has 0 aromatic heterocycles. The maximum atomic E-state index is 13.6. The molecular formula is C22H26FN3O4S. The summed E-state index contributed by atoms with van der Waals surface area (Å²) in [5, 5.41) is 18.6. The molecule has 1 aliphatic rings. The van der Waals surface area contributed by atoms with E-state index in [1.807, 2.05) is 0 Å². The first-order valence-electron chi connectivity index (χ1n) is 10.0. The van der Waals surface area contributed by atoms with E-state index in [9.17, 15) is 19.1 Å². The van der Waals surface area contributed by atoms with Gasteiger partial charge >= 0.3 is 5.97 Å². The lowest BCUT2D eigenvalue weighted by atomic mass is 10.1. The van der Waals surface area contributed by atoms with E-state index in [4.69, 9.17) is 4.74 Å². The summed E-state index contributed by atoms with van der Waals surface area (Å²) in [4.78, 5) is 22.9. The minimum Gasteiger partial charge on any atom is -0.496 e. The molecule has 0 spiro atoms. The normalized spacial score (nSPS) is 16.7. The lowest BCUT2D eigenvalue weighted by Crippen LogP contribution is -2.40. The van der Waals surface area contributed by atoms with Crippen LogP contribution in [-0.4, -0.2) is 35.6 Å². The molecule has 4 N–H and O–H groups in total. The van der Waals surface area contributed by atoms with E-state index in [1.54, 1.807) is 31.4 Å². The van der Waals surface area contributed by atoms with Gasteiger partial charge in [-0.25, -0.2) is 4.39 Å². The van der Waals surface area contributed by atoms with Crippen LogP contribution in [0.15, 0.2) is 36.4 Å². The van der Waals surface area contributed by atoms with Crippen LogP contribution in [0, 0.1) is 5.82 Å². The van der Waals surface area contributed by atoms with Gasteiger partial charge in [0, 0.05) is 23.4 Å². The van der Waals surface area contributed by atoms with E-state index in [-0.39, 0.29) is 12.3 Å². The second-order valence-corrected chi connectivity index (χ2v) is 8.54. The van der Waals surface area contributed by atoms with Crippen LogP contribution in [0.2, 0.25) is 0 Å². The molecule has 1 aliphatic heterocycles. The summed E-state index contributed by atoms with van der Waals surface area (Å²) in [5.41, 5.74) is 2.40. The van der Waals surface area contributed by atoms with Crippen LogP contribution in [0.4, 0.5) is 15.8 Å². The predicted octanol–water partition coefficient (Wildman–Crippen LogP) is 4.26. The zero-order valence-electron chi connectivity index (χ0n) is 17.5. The third-order valence-electron chi connectivity index (χ3n) is 4.89. The standard InChI is InChI=1S/C22H26FN3O4S/c1-3-4-9-24-21(29)14-5-8-19(30-2)15(10-14)13-31-22(12-20(27)28)25-17-7-6-16(23)11-18(17)26-22/h5-8,10-11,25-26H,3-4,9,12-13H2,1-2H3,(H,24,29)(H,27,28). The van der Waals surface area contributed by atoms with Crippen molar-refractivity contribution < 1.29 is 23.8 Å². The fraction of sp³-hybridized carbons (Fsp3) is 0.364. The quantitative estimate of drug-likeness (QED) is 0.404. The molecule has 1 unspecified atom stereocenters. The number of fused-ring (bicyclic) bond motifs is 1. The third-order valence-corrected chi connectivity index (χ3v) is 6.18. The number of anilines is 2. The Morgan fingerprint density at radius 3 is 2.68 bits per heavy atom. The number of hydrogen-bond donors (Lipinski definition) is 4.